The summed E-state index contributed by atoms with van der Waals surface area (Å²) in [5.41, 5.74) is 6.21. The van der Waals surface area contributed by atoms with Crippen LogP contribution in [0.25, 0.3) is 0 Å². The van der Waals surface area contributed by atoms with Crippen LogP contribution in [0.4, 0.5) is 0 Å². The van der Waals surface area contributed by atoms with E-state index in [1.807, 2.05) is 6.07 Å². The molecule has 0 aromatic heterocycles. The van der Waals surface area contributed by atoms with E-state index in [1.165, 1.54) is 0 Å². The third-order valence-electron chi connectivity index (χ3n) is 3.47. The maximum Gasteiger partial charge on any atom is 0.266 e. The van der Waals surface area contributed by atoms with Crippen LogP contribution in [0.15, 0.2) is 11.3 Å². The molecular formula is C10H13N3O. The molecule has 1 saturated carbocycles. The molecule has 0 radical (unpaired) electrons. The maximum atomic E-state index is 11.7. The van der Waals surface area contributed by atoms with E-state index in [4.69, 9.17) is 11.0 Å². The second kappa shape index (κ2) is 2.74. The number of nitrogens with zero attached hydrogens (tertiary/aromatic N) is 2. The lowest BCUT2D eigenvalue weighted by Crippen LogP contribution is -2.45. The summed E-state index contributed by atoms with van der Waals surface area (Å²) in [5, 5.41) is 8.83. The maximum absolute atomic E-state index is 11.7. The Bertz CT molecular complexity index is 358. The number of hydrogen-bond donors (Lipinski definition) is 1. The molecule has 1 fully saturated rings. The molecule has 1 aliphatic carbocycles. The second-order valence-electron chi connectivity index (χ2n) is 4.00. The lowest BCUT2D eigenvalue weighted by molar-refractivity contribution is -0.127. The van der Waals surface area contributed by atoms with Gasteiger partial charge in [0.2, 0.25) is 0 Å². The predicted molar refractivity (Wildman–Crippen MR) is 50.8 cm³/mol. The van der Waals surface area contributed by atoms with Crippen LogP contribution in [0.3, 0.4) is 0 Å². The molecule has 14 heavy (non-hydrogen) atoms. The van der Waals surface area contributed by atoms with Gasteiger partial charge in [-0.25, -0.2) is 0 Å². The first-order valence-corrected chi connectivity index (χ1v) is 4.82. The summed E-state index contributed by atoms with van der Waals surface area (Å²) in [5.74, 6) is -0.216. The summed E-state index contributed by atoms with van der Waals surface area (Å²) >= 11 is 0. The van der Waals surface area contributed by atoms with Crippen LogP contribution in [0, 0.1) is 11.3 Å². The van der Waals surface area contributed by atoms with E-state index >= 15 is 0 Å². The van der Waals surface area contributed by atoms with E-state index < -0.39 is 0 Å². The van der Waals surface area contributed by atoms with E-state index in [0.29, 0.717) is 5.70 Å². The Morgan fingerprint density at radius 1 is 1.50 bits per heavy atom. The van der Waals surface area contributed by atoms with Crippen molar-refractivity contribution in [1.29, 1.82) is 5.26 Å². The van der Waals surface area contributed by atoms with Crippen molar-refractivity contribution in [2.24, 2.45) is 5.73 Å². The van der Waals surface area contributed by atoms with Crippen molar-refractivity contribution < 1.29 is 4.79 Å². The first-order chi connectivity index (χ1) is 6.63. The molecule has 2 rings (SSSR count). The molecule has 0 atom stereocenters. The molecule has 0 aromatic carbocycles. The molecule has 1 amide bonds. The number of hydrogen-bond acceptors (Lipinski definition) is 3. The largest absolute Gasteiger partial charge is 0.399 e. The molecule has 2 N–H and O–H groups in total. The zero-order valence-electron chi connectivity index (χ0n) is 8.21. The zero-order chi connectivity index (χ0) is 10.3. The second-order valence-corrected chi connectivity index (χ2v) is 4.00. The summed E-state index contributed by atoms with van der Waals surface area (Å²) in [6.45, 7) is 0. The Hall–Kier alpha value is -1.50. The third-order valence-corrected chi connectivity index (χ3v) is 3.47. The molecular weight excluding hydrogens is 178 g/mol. The van der Waals surface area contributed by atoms with Crippen LogP contribution >= 0.6 is 0 Å². The van der Waals surface area contributed by atoms with Gasteiger partial charge in [0, 0.05) is 7.05 Å². The highest BCUT2D eigenvalue weighted by molar-refractivity contribution is 6.01. The minimum Gasteiger partial charge on any atom is -0.399 e. The summed E-state index contributed by atoms with van der Waals surface area (Å²) in [4.78, 5) is 13.3. The fourth-order valence-electron chi connectivity index (χ4n) is 2.56. The molecule has 2 aliphatic rings. The third kappa shape index (κ3) is 0.844. The Morgan fingerprint density at radius 2 is 2.07 bits per heavy atom. The van der Waals surface area contributed by atoms with Crippen molar-refractivity contribution in [3.63, 3.8) is 0 Å². The average molecular weight is 191 g/mol. The van der Waals surface area contributed by atoms with Crippen molar-refractivity contribution in [2.45, 2.75) is 31.2 Å². The number of nitrogens with two attached hydrogens (primary N) is 1. The topological polar surface area (TPSA) is 70.1 Å². The summed E-state index contributed by atoms with van der Waals surface area (Å²) < 4.78 is 0. The number of rotatable bonds is 0. The van der Waals surface area contributed by atoms with Gasteiger partial charge in [-0.2, -0.15) is 5.26 Å². The summed E-state index contributed by atoms with van der Waals surface area (Å²) in [7, 11) is 1.74. The van der Waals surface area contributed by atoms with E-state index in [1.54, 1.807) is 11.9 Å². The van der Waals surface area contributed by atoms with Crippen molar-refractivity contribution in [2.75, 3.05) is 7.05 Å². The molecule has 4 heteroatoms. The van der Waals surface area contributed by atoms with E-state index in [9.17, 15) is 4.79 Å². The molecule has 0 aromatic rings. The fraction of sp³-hybridized carbons (Fsp3) is 0.600. The van der Waals surface area contributed by atoms with Gasteiger partial charge < -0.3 is 10.6 Å². The fourth-order valence-corrected chi connectivity index (χ4v) is 2.56. The van der Waals surface area contributed by atoms with E-state index in [2.05, 4.69) is 0 Å². The van der Waals surface area contributed by atoms with Gasteiger partial charge in [0.1, 0.15) is 11.6 Å². The highest BCUT2D eigenvalue weighted by Crippen LogP contribution is 2.43. The first-order valence-electron chi connectivity index (χ1n) is 4.82. The molecule has 0 saturated heterocycles. The Kier molecular flexibility index (Phi) is 1.78. The summed E-state index contributed by atoms with van der Waals surface area (Å²) in [6.07, 6.45) is 3.95. The van der Waals surface area contributed by atoms with Crippen molar-refractivity contribution in [3.8, 4) is 6.07 Å². The average Bonchev–Trinajstić information content (AvgIpc) is 2.72. The van der Waals surface area contributed by atoms with Crippen molar-refractivity contribution in [1.82, 2.24) is 4.90 Å². The number of carbonyl (C=O) groups excluding carboxylic acids is 1. The van der Waals surface area contributed by atoms with Crippen LogP contribution < -0.4 is 5.73 Å². The normalized spacial score (nSPS) is 24.9. The Balaban J connectivity index is 2.50. The highest BCUT2D eigenvalue weighted by atomic mass is 16.2. The number of amides is 1. The molecule has 1 aliphatic heterocycles. The van der Waals surface area contributed by atoms with Gasteiger partial charge >= 0.3 is 0 Å². The number of likely N-dealkylation sites (N-methyl/N-ethyl adjacent to an activating group) is 1. The number of carbonyl (C=O) groups is 1. The molecule has 74 valence electrons. The van der Waals surface area contributed by atoms with Gasteiger partial charge in [0.15, 0.2) is 0 Å². The SMILES string of the molecule is CN1C(=O)C(C#N)=C(N)C12CCCC2. The van der Waals surface area contributed by atoms with Gasteiger partial charge in [-0.1, -0.05) is 12.8 Å². The number of nitriles is 1. The van der Waals surface area contributed by atoms with Crippen LogP contribution in [0.2, 0.25) is 0 Å². The lowest BCUT2D eigenvalue weighted by atomic mass is 9.93. The molecule has 4 nitrogen and oxygen atoms in total. The van der Waals surface area contributed by atoms with Crippen LogP contribution in [-0.4, -0.2) is 23.4 Å². The minimum absolute atomic E-state index is 0.148. The van der Waals surface area contributed by atoms with Crippen LogP contribution in [0.1, 0.15) is 25.7 Å². The zero-order valence-corrected chi connectivity index (χ0v) is 8.21. The standard InChI is InChI=1S/C10H13N3O/c1-13-9(14)7(6-11)8(12)10(13)4-2-3-5-10/h2-5,12H2,1H3. The molecule has 1 heterocycles. The van der Waals surface area contributed by atoms with Crippen LogP contribution in [0.5, 0.6) is 0 Å². The minimum atomic E-state index is -0.331. The monoisotopic (exact) mass is 191 g/mol. The van der Waals surface area contributed by atoms with Gasteiger partial charge in [-0.05, 0) is 12.8 Å². The van der Waals surface area contributed by atoms with Crippen molar-refractivity contribution in [3.05, 3.63) is 11.3 Å². The lowest BCUT2D eigenvalue weighted by Gasteiger charge is -2.33. The molecule has 0 unspecified atom stereocenters. The Labute approximate surface area is 83.0 Å². The van der Waals surface area contributed by atoms with Crippen molar-refractivity contribution >= 4 is 5.91 Å². The first kappa shape index (κ1) is 9.07. The highest BCUT2D eigenvalue weighted by Gasteiger charge is 2.50. The molecule has 1 spiro atoms. The van der Waals surface area contributed by atoms with Gasteiger partial charge in [-0.3, -0.25) is 4.79 Å². The molecule has 0 bridgehead atoms. The summed E-state index contributed by atoms with van der Waals surface area (Å²) in [6, 6.07) is 1.91. The van der Waals surface area contributed by atoms with Crippen LogP contribution in [-0.2, 0) is 4.79 Å². The smallest absolute Gasteiger partial charge is 0.266 e. The van der Waals surface area contributed by atoms with E-state index in [-0.39, 0.29) is 17.0 Å². The van der Waals surface area contributed by atoms with Gasteiger partial charge in [0.05, 0.1) is 11.2 Å². The predicted octanol–water partition coefficient (Wildman–Crippen LogP) is 0.508. The van der Waals surface area contributed by atoms with Gasteiger partial charge in [0.25, 0.3) is 5.91 Å². The van der Waals surface area contributed by atoms with E-state index in [0.717, 1.165) is 25.7 Å². The van der Waals surface area contributed by atoms with Gasteiger partial charge in [-0.15, -0.1) is 0 Å². The Morgan fingerprint density at radius 3 is 2.50 bits per heavy atom. The quantitative estimate of drug-likeness (QED) is 0.606.